The van der Waals surface area contributed by atoms with E-state index < -0.39 is 5.97 Å². The lowest BCUT2D eigenvalue weighted by Gasteiger charge is -2.08. The Balaban J connectivity index is 1.41. The van der Waals surface area contributed by atoms with Crippen molar-refractivity contribution in [3.8, 4) is 11.4 Å². The van der Waals surface area contributed by atoms with E-state index in [1.807, 2.05) is 56.3 Å². The van der Waals surface area contributed by atoms with Crippen LogP contribution in [0.5, 0.6) is 0 Å². The highest BCUT2D eigenvalue weighted by Gasteiger charge is 2.17. The molecule has 0 atom stereocenters. The van der Waals surface area contributed by atoms with E-state index in [-0.39, 0.29) is 12.5 Å². The molecule has 0 amide bonds. The third-order valence-electron chi connectivity index (χ3n) is 4.49. The van der Waals surface area contributed by atoms with E-state index in [1.165, 1.54) is 11.8 Å². The van der Waals surface area contributed by atoms with Crippen LogP contribution in [0.25, 0.3) is 11.4 Å². The molecule has 0 fully saturated rings. The first-order valence-corrected chi connectivity index (χ1v) is 10.3. The van der Waals surface area contributed by atoms with Gasteiger partial charge in [0.1, 0.15) is 5.76 Å². The summed E-state index contributed by atoms with van der Waals surface area (Å²) >= 11 is 1.53. The maximum Gasteiger partial charge on any atom is 0.339 e. The molecular weight excluding hydrogens is 402 g/mol. The second kappa shape index (κ2) is 8.96. The SMILES string of the molecule is Cc1noc(C)c1CSc1ccccc1C(=O)OCc1nc(-c2ccccc2)no1. The summed E-state index contributed by atoms with van der Waals surface area (Å²) in [6.07, 6.45) is 0. The summed E-state index contributed by atoms with van der Waals surface area (Å²) in [5.74, 6) is 1.68. The molecule has 0 radical (unpaired) electrons. The highest BCUT2D eigenvalue weighted by molar-refractivity contribution is 7.98. The highest BCUT2D eigenvalue weighted by atomic mass is 32.2. The molecule has 0 unspecified atom stereocenters. The zero-order valence-corrected chi connectivity index (χ0v) is 17.3. The normalized spacial score (nSPS) is 10.9. The van der Waals surface area contributed by atoms with Gasteiger partial charge in [0.25, 0.3) is 5.89 Å². The van der Waals surface area contributed by atoms with E-state index in [9.17, 15) is 4.79 Å². The van der Waals surface area contributed by atoms with Crippen molar-refractivity contribution in [2.75, 3.05) is 0 Å². The lowest BCUT2D eigenvalue weighted by atomic mass is 10.2. The van der Waals surface area contributed by atoms with Crippen LogP contribution in [0.2, 0.25) is 0 Å². The Morgan fingerprint density at radius 2 is 1.77 bits per heavy atom. The molecule has 7 nitrogen and oxygen atoms in total. The molecule has 2 aromatic carbocycles. The molecule has 8 heteroatoms. The lowest BCUT2D eigenvalue weighted by Crippen LogP contribution is -2.07. The Morgan fingerprint density at radius 3 is 2.53 bits per heavy atom. The minimum atomic E-state index is -0.448. The zero-order chi connectivity index (χ0) is 20.9. The number of carbonyl (C=O) groups excluding carboxylic acids is 1. The number of esters is 1. The van der Waals surface area contributed by atoms with Crippen LogP contribution in [-0.2, 0) is 17.1 Å². The monoisotopic (exact) mass is 421 g/mol. The van der Waals surface area contributed by atoms with E-state index >= 15 is 0 Å². The Kier molecular flexibility index (Phi) is 5.94. The minimum absolute atomic E-state index is 0.0957. The molecule has 152 valence electrons. The second-order valence-electron chi connectivity index (χ2n) is 6.54. The average molecular weight is 421 g/mol. The average Bonchev–Trinajstić information content (AvgIpc) is 3.38. The first-order chi connectivity index (χ1) is 14.6. The molecule has 0 bridgehead atoms. The Hall–Kier alpha value is -3.39. The third-order valence-corrected chi connectivity index (χ3v) is 5.59. The minimum Gasteiger partial charge on any atom is -0.452 e. The quantitative estimate of drug-likeness (QED) is 0.304. The largest absolute Gasteiger partial charge is 0.452 e. The predicted molar refractivity (Wildman–Crippen MR) is 111 cm³/mol. The third kappa shape index (κ3) is 4.44. The van der Waals surface area contributed by atoms with E-state index in [1.54, 1.807) is 12.1 Å². The van der Waals surface area contributed by atoms with Crippen LogP contribution >= 0.6 is 11.8 Å². The lowest BCUT2D eigenvalue weighted by molar-refractivity contribution is 0.0425. The zero-order valence-electron chi connectivity index (χ0n) is 16.5. The molecule has 2 aromatic heterocycles. The van der Waals surface area contributed by atoms with Gasteiger partial charge in [-0.3, -0.25) is 0 Å². The predicted octanol–water partition coefficient (Wildman–Crippen LogP) is 4.99. The van der Waals surface area contributed by atoms with Gasteiger partial charge >= 0.3 is 5.97 Å². The maximum absolute atomic E-state index is 12.7. The van der Waals surface area contributed by atoms with Crippen molar-refractivity contribution in [1.82, 2.24) is 15.3 Å². The standard InChI is InChI=1S/C22H19N3O4S/c1-14-18(15(2)28-24-14)13-30-19-11-7-6-10-17(19)22(26)27-12-20-23-21(25-29-20)16-8-4-3-5-9-16/h3-11H,12-13H2,1-2H3. The fourth-order valence-corrected chi connectivity index (χ4v) is 4.04. The topological polar surface area (TPSA) is 91.2 Å². The number of ether oxygens (including phenoxy) is 1. The fourth-order valence-electron chi connectivity index (χ4n) is 2.84. The number of aryl methyl sites for hydroxylation is 2. The molecule has 2 heterocycles. The van der Waals surface area contributed by atoms with Crippen molar-refractivity contribution in [3.05, 3.63) is 83.1 Å². The van der Waals surface area contributed by atoms with Gasteiger partial charge in [-0.1, -0.05) is 52.8 Å². The molecule has 0 aliphatic carbocycles. The summed E-state index contributed by atoms with van der Waals surface area (Å²) in [4.78, 5) is 17.8. The molecule has 0 saturated heterocycles. The number of hydrogen-bond donors (Lipinski definition) is 0. The highest BCUT2D eigenvalue weighted by Crippen LogP contribution is 2.29. The first kappa shape index (κ1) is 19.9. The van der Waals surface area contributed by atoms with Crippen LogP contribution in [0.4, 0.5) is 0 Å². The summed E-state index contributed by atoms with van der Waals surface area (Å²) in [6, 6.07) is 16.8. The van der Waals surface area contributed by atoms with Gasteiger partial charge in [-0.15, -0.1) is 11.8 Å². The van der Waals surface area contributed by atoms with Crippen LogP contribution in [0.15, 0.2) is 68.5 Å². The van der Waals surface area contributed by atoms with Crippen LogP contribution in [0.1, 0.15) is 33.3 Å². The molecule has 0 aliphatic heterocycles. The first-order valence-electron chi connectivity index (χ1n) is 9.30. The smallest absolute Gasteiger partial charge is 0.339 e. The van der Waals surface area contributed by atoms with Crippen molar-refractivity contribution in [1.29, 1.82) is 0 Å². The van der Waals surface area contributed by atoms with E-state index in [2.05, 4.69) is 15.3 Å². The van der Waals surface area contributed by atoms with Crippen molar-refractivity contribution in [2.45, 2.75) is 31.1 Å². The van der Waals surface area contributed by atoms with Crippen molar-refractivity contribution in [3.63, 3.8) is 0 Å². The maximum atomic E-state index is 12.7. The van der Waals surface area contributed by atoms with E-state index in [0.717, 1.165) is 27.5 Å². The number of nitrogens with zero attached hydrogens (tertiary/aromatic N) is 3. The van der Waals surface area contributed by atoms with Gasteiger partial charge in [0, 0.05) is 21.8 Å². The Morgan fingerprint density at radius 1 is 1.00 bits per heavy atom. The Bertz CT molecular complexity index is 1130. The van der Waals surface area contributed by atoms with Crippen LogP contribution in [0, 0.1) is 13.8 Å². The van der Waals surface area contributed by atoms with E-state index in [0.29, 0.717) is 17.1 Å². The molecule has 30 heavy (non-hydrogen) atoms. The number of carbonyl (C=O) groups is 1. The van der Waals surface area contributed by atoms with Gasteiger partial charge in [-0.2, -0.15) is 4.98 Å². The van der Waals surface area contributed by atoms with Crippen LogP contribution in [-0.4, -0.2) is 21.3 Å². The molecule has 0 saturated carbocycles. The molecule has 0 aliphatic rings. The number of hydrogen-bond acceptors (Lipinski definition) is 8. The summed E-state index contributed by atoms with van der Waals surface area (Å²) in [6.45, 7) is 3.69. The summed E-state index contributed by atoms with van der Waals surface area (Å²) < 4.78 is 15.8. The number of thioether (sulfide) groups is 1. The van der Waals surface area contributed by atoms with Gasteiger partial charge in [0.15, 0.2) is 6.61 Å². The number of benzene rings is 2. The van der Waals surface area contributed by atoms with Gasteiger partial charge in [0.2, 0.25) is 5.82 Å². The molecular formula is C22H19N3O4S. The summed E-state index contributed by atoms with van der Waals surface area (Å²) in [5, 5.41) is 7.90. The summed E-state index contributed by atoms with van der Waals surface area (Å²) in [5.41, 5.74) is 3.20. The van der Waals surface area contributed by atoms with Gasteiger partial charge < -0.3 is 13.8 Å². The van der Waals surface area contributed by atoms with E-state index in [4.69, 9.17) is 13.8 Å². The van der Waals surface area contributed by atoms with Crippen LogP contribution in [0.3, 0.4) is 0 Å². The second-order valence-corrected chi connectivity index (χ2v) is 7.56. The van der Waals surface area contributed by atoms with Crippen molar-refractivity contribution < 1.29 is 18.6 Å². The van der Waals surface area contributed by atoms with Crippen molar-refractivity contribution >= 4 is 17.7 Å². The van der Waals surface area contributed by atoms with Crippen LogP contribution < -0.4 is 0 Å². The van der Waals surface area contributed by atoms with Gasteiger partial charge in [0.05, 0.1) is 11.3 Å². The number of aromatic nitrogens is 3. The molecule has 0 N–H and O–H groups in total. The number of rotatable bonds is 7. The molecule has 0 spiro atoms. The van der Waals surface area contributed by atoms with Crippen molar-refractivity contribution in [2.24, 2.45) is 0 Å². The van der Waals surface area contributed by atoms with Gasteiger partial charge in [-0.05, 0) is 26.0 Å². The molecule has 4 rings (SSSR count). The van der Waals surface area contributed by atoms with Gasteiger partial charge in [-0.25, -0.2) is 4.79 Å². The summed E-state index contributed by atoms with van der Waals surface area (Å²) in [7, 11) is 0. The Labute approximate surface area is 177 Å². The fraction of sp³-hybridized carbons (Fsp3) is 0.182. The molecule has 4 aromatic rings.